The van der Waals surface area contributed by atoms with Crippen molar-refractivity contribution in [3.8, 4) is 0 Å². The van der Waals surface area contributed by atoms with Gasteiger partial charge in [-0.05, 0) is 30.4 Å². The van der Waals surface area contributed by atoms with Gasteiger partial charge in [-0.25, -0.2) is 4.98 Å². The quantitative estimate of drug-likeness (QED) is 0.795. The van der Waals surface area contributed by atoms with Crippen molar-refractivity contribution < 1.29 is 4.74 Å². The molecule has 2 heterocycles. The topological polar surface area (TPSA) is 25.4 Å². The monoisotopic (exact) mass is 288 g/mol. The van der Waals surface area contributed by atoms with Gasteiger partial charge in [-0.15, -0.1) is 11.6 Å². The van der Waals surface area contributed by atoms with Gasteiger partial charge in [0.05, 0.1) is 11.6 Å². The average Bonchev–Trinajstić information content (AvgIpc) is 2.39. The van der Waals surface area contributed by atoms with E-state index in [0.29, 0.717) is 16.8 Å². The van der Waals surface area contributed by atoms with E-state index >= 15 is 0 Å². The summed E-state index contributed by atoms with van der Waals surface area (Å²) in [6.45, 7) is 2.77. The van der Waals surface area contributed by atoms with Crippen LogP contribution in [-0.4, -0.2) is 31.8 Å². The summed E-state index contributed by atoms with van der Waals surface area (Å²) < 4.78 is 5.23. The number of piperidine rings is 1. The van der Waals surface area contributed by atoms with Crippen LogP contribution >= 0.6 is 23.2 Å². The zero-order chi connectivity index (χ0) is 13.0. The largest absolute Gasteiger partial charge is 0.384 e. The first-order chi connectivity index (χ1) is 8.74. The average molecular weight is 289 g/mol. The molecule has 18 heavy (non-hydrogen) atoms. The van der Waals surface area contributed by atoms with Crippen LogP contribution in [0, 0.1) is 5.92 Å². The van der Waals surface area contributed by atoms with Crippen LogP contribution in [-0.2, 0) is 10.6 Å². The van der Waals surface area contributed by atoms with Crippen LogP contribution < -0.4 is 4.90 Å². The number of ether oxygens (including phenoxy) is 1. The number of aromatic nitrogens is 1. The third-order valence-corrected chi connectivity index (χ3v) is 3.84. The zero-order valence-electron chi connectivity index (χ0n) is 10.5. The van der Waals surface area contributed by atoms with E-state index in [1.165, 1.54) is 6.42 Å². The van der Waals surface area contributed by atoms with E-state index in [9.17, 15) is 0 Å². The van der Waals surface area contributed by atoms with E-state index in [1.807, 2.05) is 6.07 Å². The molecule has 0 spiro atoms. The number of halogens is 2. The molecule has 1 aliphatic heterocycles. The Balaban J connectivity index is 2.10. The van der Waals surface area contributed by atoms with Crippen molar-refractivity contribution in [2.45, 2.75) is 18.7 Å². The second-order valence-corrected chi connectivity index (χ2v) is 5.37. The Labute approximate surface area is 118 Å². The molecule has 100 valence electrons. The van der Waals surface area contributed by atoms with Gasteiger partial charge >= 0.3 is 0 Å². The van der Waals surface area contributed by atoms with Crippen molar-refractivity contribution in [3.63, 3.8) is 0 Å². The van der Waals surface area contributed by atoms with Gasteiger partial charge in [0, 0.05) is 32.3 Å². The van der Waals surface area contributed by atoms with Gasteiger partial charge in [0.2, 0.25) is 0 Å². The van der Waals surface area contributed by atoms with Gasteiger partial charge in [0.25, 0.3) is 0 Å². The summed E-state index contributed by atoms with van der Waals surface area (Å²) in [5, 5.41) is 0.686. The van der Waals surface area contributed by atoms with Crippen LogP contribution in [0.4, 0.5) is 5.82 Å². The van der Waals surface area contributed by atoms with Crippen LogP contribution in [0.1, 0.15) is 18.4 Å². The number of nitrogens with zero attached hydrogens (tertiary/aromatic N) is 2. The molecule has 1 aliphatic rings. The van der Waals surface area contributed by atoms with Gasteiger partial charge in [-0.3, -0.25) is 0 Å². The molecule has 1 atom stereocenters. The number of rotatable bonds is 4. The number of methoxy groups -OCH3 is 1. The Hall–Kier alpha value is -0.510. The smallest absolute Gasteiger partial charge is 0.147 e. The van der Waals surface area contributed by atoms with Gasteiger partial charge in [-0.1, -0.05) is 11.6 Å². The molecule has 0 amide bonds. The third kappa shape index (κ3) is 3.28. The predicted octanol–water partition coefficient (Wildman–Crippen LogP) is 3.34. The van der Waals surface area contributed by atoms with Crippen molar-refractivity contribution in [1.29, 1.82) is 0 Å². The van der Waals surface area contributed by atoms with Gasteiger partial charge in [0.1, 0.15) is 5.82 Å². The molecule has 0 aliphatic carbocycles. The van der Waals surface area contributed by atoms with Gasteiger partial charge < -0.3 is 9.64 Å². The molecular formula is C13H18Cl2N2O. The minimum absolute atomic E-state index is 0.444. The molecule has 2 rings (SSSR count). The Morgan fingerprint density at radius 2 is 2.39 bits per heavy atom. The highest BCUT2D eigenvalue weighted by molar-refractivity contribution is 6.33. The lowest BCUT2D eigenvalue weighted by molar-refractivity contribution is 0.143. The van der Waals surface area contributed by atoms with E-state index < -0.39 is 0 Å². The highest BCUT2D eigenvalue weighted by atomic mass is 35.5. The number of hydrogen-bond donors (Lipinski definition) is 0. The first kappa shape index (κ1) is 13.9. The molecule has 1 fully saturated rings. The summed E-state index contributed by atoms with van der Waals surface area (Å²) in [5.41, 5.74) is 0.955. The van der Waals surface area contributed by atoms with Gasteiger partial charge in [-0.2, -0.15) is 0 Å². The lowest BCUT2D eigenvalue weighted by Gasteiger charge is -2.33. The van der Waals surface area contributed by atoms with Crippen molar-refractivity contribution in [2.75, 3.05) is 31.7 Å². The molecule has 1 aromatic rings. The molecular weight excluding hydrogens is 271 g/mol. The maximum atomic E-state index is 6.27. The van der Waals surface area contributed by atoms with E-state index in [4.69, 9.17) is 27.9 Å². The van der Waals surface area contributed by atoms with E-state index in [0.717, 1.165) is 37.5 Å². The summed E-state index contributed by atoms with van der Waals surface area (Å²) in [7, 11) is 1.75. The molecule has 1 aromatic heterocycles. The molecule has 1 unspecified atom stereocenters. The fourth-order valence-electron chi connectivity index (χ4n) is 2.41. The summed E-state index contributed by atoms with van der Waals surface area (Å²) >= 11 is 12.0. The Kier molecular flexibility index (Phi) is 5.10. The van der Waals surface area contributed by atoms with E-state index in [-0.39, 0.29) is 0 Å². The Morgan fingerprint density at radius 3 is 3.06 bits per heavy atom. The number of pyridine rings is 1. The summed E-state index contributed by atoms with van der Waals surface area (Å²) in [6, 6.07) is 1.90. The number of alkyl halides is 1. The van der Waals surface area contributed by atoms with Crippen LogP contribution in [0.25, 0.3) is 0 Å². The van der Waals surface area contributed by atoms with Crippen LogP contribution in [0.2, 0.25) is 5.02 Å². The number of hydrogen-bond acceptors (Lipinski definition) is 3. The molecule has 3 nitrogen and oxygen atoms in total. The highest BCUT2D eigenvalue weighted by Crippen LogP contribution is 2.28. The first-order valence-corrected chi connectivity index (χ1v) is 7.10. The fraction of sp³-hybridized carbons (Fsp3) is 0.615. The summed E-state index contributed by atoms with van der Waals surface area (Å²) in [5.74, 6) is 1.87. The Bertz CT molecular complexity index is 399. The summed E-state index contributed by atoms with van der Waals surface area (Å²) in [4.78, 5) is 6.68. The van der Waals surface area contributed by atoms with Crippen molar-refractivity contribution >= 4 is 29.0 Å². The molecule has 0 radical (unpaired) electrons. The number of anilines is 1. The maximum Gasteiger partial charge on any atom is 0.147 e. The second kappa shape index (κ2) is 6.60. The van der Waals surface area contributed by atoms with Crippen LogP contribution in [0.3, 0.4) is 0 Å². The standard InChI is InChI=1S/C13H18Cl2N2O/c1-18-9-10-3-2-4-17(8-10)13-12(15)5-11(6-14)7-16-13/h5,7,10H,2-4,6,8-9H2,1H3. The minimum Gasteiger partial charge on any atom is -0.384 e. The van der Waals surface area contributed by atoms with Crippen molar-refractivity contribution in [2.24, 2.45) is 5.92 Å². The molecule has 0 N–H and O–H groups in total. The highest BCUT2D eigenvalue weighted by Gasteiger charge is 2.22. The first-order valence-electron chi connectivity index (χ1n) is 6.19. The molecule has 0 bridgehead atoms. The van der Waals surface area contributed by atoms with Gasteiger partial charge in [0.15, 0.2) is 0 Å². The fourth-order valence-corrected chi connectivity index (χ4v) is 2.86. The molecule has 5 heteroatoms. The molecule has 0 saturated carbocycles. The SMILES string of the molecule is COCC1CCCN(c2ncc(CCl)cc2Cl)C1. The van der Waals surface area contributed by atoms with Crippen molar-refractivity contribution in [3.05, 3.63) is 22.8 Å². The van der Waals surface area contributed by atoms with Crippen molar-refractivity contribution in [1.82, 2.24) is 4.98 Å². The lowest BCUT2D eigenvalue weighted by atomic mass is 9.99. The summed E-state index contributed by atoms with van der Waals surface area (Å²) in [6.07, 6.45) is 4.17. The maximum absolute atomic E-state index is 6.27. The van der Waals surface area contributed by atoms with Crippen LogP contribution in [0.5, 0.6) is 0 Å². The normalized spacial score (nSPS) is 20.2. The predicted molar refractivity (Wildman–Crippen MR) is 75.6 cm³/mol. The third-order valence-electron chi connectivity index (χ3n) is 3.25. The molecule has 1 saturated heterocycles. The zero-order valence-corrected chi connectivity index (χ0v) is 12.0. The lowest BCUT2D eigenvalue weighted by Crippen LogP contribution is -2.37. The second-order valence-electron chi connectivity index (χ2n) is 4.69. The van der Waals surface area contributed by atoms with Crippen LogP contribution in [0.15, 0.2) is 12.3 Å². The van der Waals surface area contributed by atoms with E-state index in [2.05, 4.69) is 9.88 Å². The molecule has 0 aromatic carbocycles. The Morgan fingerprint density at radius 1 is 1.56 bits per heavy atom. The minimum atomic E-state index is 0.444. The van der Waals surface area contributed by atoms with E-state index in [1.54, 1.807) is 13.3 Å².